The molecule has 0 aromatic carbocycles. The summed E-state index contributed by atoms with van der Waals surface area (Å²) in [7, 11) is 0. The Morgan fingerprint density at radius 3 is 3.29 bits per heavy atom. The maximum absolute atomic E-state index is 11.0. The summed E-state index contributed by atoms with van der Waals surface area (Å²) in [5.74, 6) is 0.382. The summed E-state index contributed by atoms with van der Waals surface area (Å²) in [4.78, 5) is 16.2. The van der Waals surface area contributed by atoms with Crippen LogP contribution in [-0.2, 0) is 0 Å². The Morgan fingerprint density at radius 1 is 1.79 bits per heavy atom. The molecule has 1 aliphatic rings. The molecule has 1 aliphatic heterocycles. The van der Waals surface area contributed by atoms with E-state index < -0.39 is 6.09 Å². The van der Waals surface area contributed by atoms with Gasteiger partial charge in [-0.05, 0) is 19.1 Å². The molecule has 1 amide bonds. The van der Waals surface area contributed by atoms with Crippen LogP contribution in [0.5, 0.6) is 5.88 Å². The Kier molecular flexibility index (Phi) is 1.99. The molecular weight excluding hydrogens is 184 g/mol. The van der Waals surface area contributed by atoms with E-state index in [0.717, 1.165) is 0 Å². The summed E-state index contributed by atoms with van der Waals surface area (Å²) in [6.45, 7) is 2.14. The lowest BCUT2D eigenvalue weighted by Crippen LogP contribution is -2.44. The summed E-state index contributed by atoms with van der Waals surface area (Å²) in [5, 5.41) is 9.00. The first kappa shape index (κ1) is 8.80. The molecule has 1 aromatic rings. The number of hydrogen-bond donors (Lipinski definition) is 1. The number of aromatic nitrogens is 1. The Hall–Kier alpha value is -1.78. The van der Waals surface area contributed by atoms with Gasteiger partial charge in [0.25, 0.3) is 0 Å². The number of carboxylic acid groups (broad SMARTS) is 1. The van der Waals surface area contributed by atoms with Crippen LogP contribution in [0.1, 0.15) is 6.92 Å². The van der Waals surface area contributed by atoms with Gasteiger partial charge in [0.1, 0.15) is 12.3 Å². The number of pyridine rings is 1. The van der Waals surface area contributed by atoms with Crippen molar-refractivity contribution in [1.29, 1.82) is 0 Å². The van der Waals surface area contributed by atoms with E-state index in [2.05, 4.69) is 4.98 Å². The highest BCUT2D eigenvalue weighted by Crippen LogP contribution is 2.31. The van der Waals surface area contributed by atoms with Gasteiger partial charge in [0.2, 0.25) is 5.88 Å². The molecule has 0 aliphatic carbocycles. The second kappa shape index (κ2) is 3.17. The predicted molar refractivity (Wildman–Crippen MR) is 49.7 cm³/mol. The Labute approximate surface area is 80.9 Å². The highest BCUT2D eigenvalue weighted by atomic mass is 16.5. The molecule has 0 saturated heterocycles. The maximum atomic E-state index is 11.0. The van der Waals surface area contributed by atoms with Crippen molar-refractivity contribution in [3.8, 4) is 5.88 Å². The fraction of sp³-hybridized carbons (Fsp3) is 0.333. The molecule has 5 nitrogen and oxygen atoms in total. The van der Waals surface area contributed by atoms with Crippen LogP contribution in [-0.4, -0.2) is 28.8 Å². The van der Waals surface area contributed by atoms with Crippen LogP contribution in [0.25, 0.3) is 0 Å². The van der Waals surface area contributed by atoms with E-state index in [4.69, 9.17) is 9.84 Å². The molecule has 1 unspecified atom stereocenters. The minimum atomic E-state index is -0.977. The third kappa shape index (κ3) is 1.26. The maximum Gasteiger partial charge on any atom is 0.412 e. The fourth-order valence-corrected chi connectivity index (χ4v) is 1.48. The van der Waals surface area contributed by atoms with Crippen molar-refractivity contribution in [1.82, 2.24) is 4.98 Å². The van der Waals surface area contributed by atoms with Crippen LogP contribution in [0.3, 0.4) is 0 Å². The largest absolute Gasteiger partial charge is 0.474 e. The molecule has 0 saturated carbocycles. The summed E-state index contributed by atoms with van der Waals surface area (Å²) >= 11 is 0. The first-order valence-corrected chi connectivity index (χ1v) is 4.30. The smallest absolute Gasteiger partial charge is 0.412 e. The van der Waals surface area contributed by atoms with Gasteiger partial charge >= 0.3 is 6.09 Å². The molecule has 2 rings (SSSR count). The molecule has 14 heavy (non-hydrogen) atoms. The molecule has 1 N–H and O–H groups in total. The predicted octanol–water partition coefficient (Wildman–Crippen LogP) is 1.35. The van der Waals surface area contributed by atoms with Crippen molar-refractivity contribution < 1.29 is 14.6 Å². The lowest BCUT2D eigenvalue weighted by atomic mass is 10.2. The van der Waals surface area contributed by atoms with Gasteiger partial charge in [-0.1, -0.05) is 0 Å². The van der Waals surface area contributed by atoms with Crippen molar-refractivity contribution in [2.75, 3.05) is 11.5 Å². The van der Waals surface area contributed by atoms with E-state index in [1.165, 1.54) is 4.90 Å². The number of fused-ring (bicyclic) bond motifs is 1. The van der Waals surface area contributed by atoms with Crippen LogP contribution in [0.15, 0.2) is 18.3 Å². The minimum Gasteiger partial charge on any atom is -0.474 e. The highest BCUT2D eigenvalue weighted by Gasteiger charge is 2.29. The molecule has 0 radical (unpaired) electrons. The lowest BCUT2D eigenvalue weighted by molar-refractivity contribution is 0.188. The van der Waals surface area contributed by atoms with Crippen LogP contribution >= 0.6 is 0 Å². The molecule has 1 atom stereocenters. The summed E-state index contributed by atoms with van der Waals surface area (Å²) in [6.07, 6.45) is 0.601. The summed E-state index contributed by atoms with van der Waals surface area (Å²) in [5.41, 5.74) is 0.513. The summed E-state index contributed by atoms with van der Waals surface area (Å²) < 4.78 is 5.30. The summed E-state index contributed by atoms with van der Waals surface area (Å²) in [6, 6.07) is 3.20. The SMILES string of the molecule is CC1COc2ncccc2N1C(=O)O. The van der Waals surface area contributed by atoms with Gasteiger partial charge in [-0.25, -0.2) is 9.78 Å². The number of hydrogen-bond acceptors (Lipinski definition) is 3. The monoisotopic (exact) mass is 194 g/mol. The first-order chi connectivity index (χ1) is 6.70. The number of carbonyl (C=O) groups is 1. The quantitative estimate of drug-likeness (QED) is 0.677. The van der Waals surface area contributed by atoms with Crippen LogP contribution in [0.2, 0.25) is 0 Å². The number of ether oxygens (including phenoxy) is 1. The number of nitrogens with zero attached hydrogens (tertiary/aromatic N) is 2. The van der Waals surface area contributed by atoms with E-state index in [0.29, 0.717) is 18.2 Å². The van der Waals surface area contributed by atoms with E-state index in [9.17, 15) is 4.79 Å². The topological polar surface area (TPSA) is 62.7 Å². The highest BCUT2D eigenvalue weighted by molar-refractivity contribution is 5.88. The second-order valence-electron chi connectivity index (χ2n) is 3.14. The van der Waals surface area contributed by atoms with Crippen molar-refractivity contribution >= 4 is 11.8 Å². The van der Waals surface area contributed by atoms with E-state index in [1.807, 2.05) is 0 Å². The molecule has 0 fully saturated rings. The van der Waals surface area contributed by atoms with Crippen LogP contribution in [0.4, 0.5) is 10.5 Å². The van der Waals surface area contributed by atoms with Crippen LogP contribution in [0, 0.1) is 0 Å². The number of amides is 1. The minimum absolute atomic E-state index is 0.177. The van der Waals surface area contributed by atoms with Gasteiger partial charge < -0.3 is 9.84 Å². The molecule has 0 bridgehead atoms. The Bertz CT molecular complexity index is 367. The van der Waals surface area contributed by atoms with Gasteiger partial charge in [-0.3, -0.25) is 4.90 Å². The van der Waals surface area contributed by atoms with E-state index in [-0.39, 0.29) is 6.04 Å². The standard InChI is InChI=1S/C9H10N2O3/c1-6-5-14-8-7(3-2-4-10-8)11(6)9(12)13/h2-4,6H,5H2,1H3,(H,12,13). The zero-order valence-corrected chi connectivity index (χ0v) is 7.67. The first-order valence-electron chi connectivity index (χ1n) is 4.30. The normalized spacial score (nSPS) is 19.8. The molecule has 0 spiro atoms. The Balaban J connectivity index is 2.46. The zero-order valence-electron chi connectivity index (χ0n) is 7.67. The zero-order chi connectivity index (χ0) is 10.1. The second-order valence-corrected chi connectivity index (χ2v) is 3.14. The molecule has 74 valence electrons. The Morgan fingerprint density at radius 2 is 2.57 bits per heavy atom. The average molecular weight is 194 g/mol. The van der Waals surface area contributed by atoms with Crippen molar-refractivity contribution in [2.45, 2.75) is 13.0 Å². The lowest BCUT2D eigenvalue weighted by Gasteiger charge is -2.31. The third-order valence-corrected chi connectivity index (χ3v) is 2.12. The molecule has 1 aromatic heterocycles. The van der Waals surface area contributed by atoms with Crippen molar-refractivity contribution in [3.05, 3.63) is 18.3 Å². The third-order valence-electron chi connectivity index (χ3n) is 2.12. The van der Waals surface area contributed by atoms with Crippen molar-refractivity contribution in [3.63, 3.8) is 0 Å². The van der Waals surface area contributed by atoms with Gasteiger partial charge in [-0.15, -0.1) is 0 Å². The van der Waals surface area contributed by atoms with Gasteiger partial charge in [-0.2, -0.15) is 0 Å². The molecule has 5 heteroatoms. The fourth-order valence-electron chi connectivity index (χ4n) is 1.48. The number of anilines is 1. The van der Waals surface area contributed by atoms with Gasteiger partial charge in [0.05, 0.1) is 6.04 Å². The number of rotatable bonds is 0. The molecule has 2 heterocycles. The van der Waals surface area contributed by atoms with E-state index >= 15 is 0 Å². The van der Waals surface area contributed by atoms with Gasteiger partial charge in [0.15, 0.2) is 0 Å². The van der Waals surface area contributed by atoms with E-state index in [1.54, 1.807) is 25.3 Å². The van der Waals surface area contributed by atoms with Crippen LogP contribution < -0.4 is 9.64 Å². The van der Waals surface area contributed by atoms with Gasteiger partial charge in [0, 0.05) is 6.20 Å². The average Bonchev–Trinajstić information content (AvgIpc) is 2.17. The van der Waals surface area contributed by atoms with Crippen molar-refractivity contribution in [2.24, 2.45) is 0 Å². The molecular formula is C9H10N2O3.